The maximum Gasteiger partial charge on any atom is 0.191 e. The summed E-state index contributed by atoms with van der Waals surface area (Å²) in [6.45, 7) is 5.23. The predicted molar refractivity (Wildman–Crippen MR) is 101 cm³/mol. The van der Waals surface area contributed by atoms with Crippen molar-refractivity contribution in [2.45, 2.75) is 44.6 Å². The first-order chi connectivity index (χ1) is 12.7. The summed E-state index contributed by atoms with van der Waals surface area (Å²) in [6.07, 6.45) is 7.53. The number of aryl methyl sites for hydroxylation is 1. The quantitative estimate of drug-likeness (QED) is 0.411. The van der Waals surface area contributed by atoms with E-state index in [0.29, 0.717) is 6.54 Å². The Morgan fingerprint density at radius 2 is 1.96 bits per heavy atom. The predicted octanol–water partition coefficient (Wildman–Crippen LogP) is 2.48. The number of aliphatic imine (C=N–C) groups is 1. The molecule has 0 radical (unpaired) electrons. The minimum absolute atomic E-state index is 0.118. The lowest BCUT2D eigenvalue weighted by Gasteiger charge is -2.16. The van der Waals surface area contributed by atoms with E-state index >= 15 is 0 Å². The summed E-state index contributed by atoms with van der Waals surface area (Å²) in [5.74, 6) is 0.687. The second-order valence-corrected chi connectivity index (χ2v) is 6.79. The molecule has 1 heterocycles. The molecule has 0 bridgehead atoms. The topological polar surface area (TPSA) is 67.1 Å². The Morgan fingerprint density at radius 1 is 1.19 bits per heavy atom. The van der Waals surface area contributed by atoms with Crippen LogP contribution in [0.5, 0.6) is 0 Å². The standard InChI is InChI=1S/C19H27FN6/c1-2-21-18(22-11-5-6-12-26-14-24-25-15-26)23-13-19(9-10-19)16-7-3-4-8-17(16)20/h3-4,7-8,14-15H,2,5-6,9-13H2,1H3,(H2,21,22,23). The van der Waals surface area contributed by atoms with Crippen LogP contribution in [-0.4, -0.2) is 40.4 Å². The van der Waals surface area contributed by atoms with Gasteiger partial charge >= 0.3 is 0 Å². The number of hydrogen-bond acceptors (Lipinski definition) is 3. The third-order valence-electron chi connectivity index (χ3n) is 4.78. The minimum atomic E-state index is -0.123. The Hall–Kier alpha value is -2.44. The molecule has 1 aliphatic rings. The average Bonchev–Trinajstić information content (AvgIpc) is 3.25. The van der Waals surface area contributed by atoms with Crippen molar-refractivity contribution in [2.75, 3.05) is 19.6 Å². The summed E-state index contributed by atoms with van der Waals surface area (Å²) in [6, 6.07) is 7.08. The number of benzene rings is 1. The highest BCUT2D eigenvalue weighted by molar-refractivity contribution is 5.79. The van der Waals surface area contributed by atoms with Crippen molar-refractivity contribution < 1.29 is 4.39 Å². The van der Waals surface area contributed by atoms with Crippen LogP contribution in [0.3, 0.4) is 0 Å². The van der Waals surface area contributed by atoms with Gasteiger partial charge in [0.1, 0.15) is 18.5 Å². The highest BCUT2D eigenvalue weighted by atomic mass is 19.1. The normalized spacial score (nSPS) is 15.7. The summed E-state index contributed by atoms with van der Waals surface area (Å²) < 4.78 is 16.1. The molecule has 140 valence electrons. The highest BCUT2D eigenvalue weighted by Gasteiger charge is 2.45. The average molecular weight is 358 g/mol. The molecule has 0 saturated heterocycles. The van der Waals surface area contributed by atoms with Gasteiger partial charge in [0, 0.05) is 25.0 Å². The van der Waals surface area contributed by atoms with Crippen molar-refractivity contribution in [3.05, 3.63) is 48.3 Å². The van der Waals surface area contributed by atoms with E-state index in [9.17, 15) is 4.39 Å². The number of halogens is 1. The van der Waals surface area contributed by atoms with Gasteiger partial charge in [0.25, 0.3) is 0 Å². The number of nitrogens with one attached hydrogen (secondary N) is 2. The lowest BCUT2D eigenvalue weighted by molar-refractivity contribution is 0.571. The molecule has 0 atom stereocenters. The van der Waals surface area contributed by atoms with E-state index < -0.39 is 0 Å². The molecule has 0 amide bonds. The maximum atomic E-state index is 14.1. The van der Waals surface area contributed by atoms with Crippen molar-refractivity contribution in [1.29, 1.82) is 0 Å². The first-order valence-corrected chi connectivity index (χ1v) is 9.33. The van der Waals surface area contributed by atoms with Crippen LogP contribution in [0.4, 0.5) is 4.39 Å². The Balaban J connectivity index is 1.48. The molecule has 1 fully saturated rings. The fraction of sp³-hybridized carbons (Fsp3) is 0.526. The molecule has 3 rings (SSSR count). The molecule has 1 saturated carbocycles. The second-order valence-electron chi connectivity index (χ2n) is 6.79. The fourth-order valence-corrected chi connectivity index (χ4v) is 3.09. The van der Waals surface area contributed by atoms with Crippen molar-refractivity contribution >= 4 is 5.96 Å². The van der Waals surface area contributed by atoms with E-state index in [1.807, 2.05) is 23.6 Å². The van der Waals surface area contributed by atoms with Crippen LogP contribution < -0.4 is 10.6 Å². The molecular formula is C19H27FN6. The first-order valence-electron chi connectivity index (χ1n) is 9.33. The van der Waals surface area contributed by atoms with Gasteiger partial charge in [0.05, 0.1) is 6.54 Å². The molecule has 1 aliphatic carbocycles. The molecule has 1 aromatic heterocycles. The molecule has 0 unspecified atom stereocenters. The summed E-state index contributed by atoms with van der Waals surface area (Å²) in [7, 11) is 0. The van der Waals surface area contributed by atoms with Crippen LogP contribution in [0.25, 0.3) is 0 Å². The van der Waals surface area contributed by atoms with Crippen LogP contribution in [-0.2, 0) is 12.0 Å². The van der Waals surface area contributed by atoms with Crippen molar-refractivity contribution in [2.24, 2.45) is 4.99 Å². The molecule has 2 aromatic rings. The third kappa shape index (κ3) is 4.80. The van der Waals surface area contributed by atoms with E-state index in [1.54, 1.807) is 24.8 Å². The Morgan fingerprint density at radius 3 is 2.65 bits per heavy atom. The number of hydrogen-bond donors (Lipinski definition) is 2. The van der Waals surface area contributed by atoms with Crippen LogP contribution in [0.1, 0.15) is 38.2 Å². The summed E-state index contributed by atoms with van der Waals surface area (Å²) in [5, 5.41) is 14.2. The van der Waals surface area contributed by atoms with Crippen LogP contribution in [0.2, 0.25) is 0 Å². The second kappa shape index (κ2) is 8.78. The molecule has 0 spiro atoms. The molecule has 6 nitrogen and oxygen atoms in total. The molecule has 2 N–H and O–H groups in total. The highest BCUT2D eigenvalue weighted by Crippen LogP contribution is 2.49. The number of rotatable bonds is 9. The number of unbranched alkanes of at least 4 members (excludes halogenated alkanes) is 1. The SMILES string of the molecule is CCNC(=NCC1(c2ccccc2F)CC1)NCCCCn1cnnc1. The van der Waals surface area contributed by atoms with Crippen LogP contribution in [0, 0.1) is 5.82 Å². The lowest BCUT2D eigenvalue weighted by atomic mass is 9.95. The monoisotopic (exact) mass is 358 g/mol. The minimum Gasteiger partial charge on any atom is -0.357 e. The number of aromatic nitrogens is 3. The van der Waals surface area contributed by atoms with E-state index in [1.165, 1.54) is 0 Å². The van der Waals surface area contributed by atoms with Gasteiger partial charge in [0.2, 0.25) is 0 Å². The summed E-state index contributed by atoms with van der Waals surface area (Å²) in [5.41, 5.74) is 0.677. The fourth-order valence-electron chi connectivity index (χ4n) is 3.09. The Labute approximate surface area is 153 Å². The number of guanidine groups is 1. The smallest absolute Gasteiger partial charge is 0.191 e. The largest absolute Gasteiger partial charge is 0.357 e. The summed E-state index contributed by atoms with van der Waals surface area (Å²) >= 11 is 0. The van der Waals surface area contributed by atoms with E-state index in [2.05, 4.69) is 20.8 Å². The van der Waals surface area contributed by atoms with E-state index in [4.69, 9.17) is 4.99 Å². The van der Waals surface area contributed by atoms with Crippen LogP contribution >= 0.6 is 0 Å². The van der Waals surface area contributed by atoms with Crippen molar-refractivity contribution in [1.82, 2.24) is 25.4 Å². The van der Waals surface area contributed by atoms with E-state index in [0.717, 1.165) is 56.8 Å². The van der Waals surface area contributed by atoms with Gasteiger partial charge in [-0.2, -0.15) is 0 Å². The van der Waals surface area contributed by atoms with Crippen molar-refractivity contribution in [3.8, 4) is 0 Å². The van der Waals surface area contributed by atoms with Gasteiger partial charge in [0.15, 0.2) is 5.96 Å². The van der Waals surface area contributed by atoms with Crippen LogP contribution in [0.15, 0.2) is 41.9 Å². The molecule has 0 aliphatic heterocycles. The maximum absolute atomic E-state index is 14.1. The van der Waals surface area contributed by atoms with Gasteiger partial charge in [-0.1, -0.05) is 18.2 Å². The number of nitrogens with zero attached hydrogens (tertiary/aromatic N) is 4. The molecular weight excluding hydrogens is 331 g/mol. The third-order valence-corrected chi connectivity index (χ3v) is 4.78. The van der Waals surface area contributed by atoms with Gasteiger partial charge in [-0.25, -0.2) is 4.39 Å². The zero-order valence-electron chi connectivity index (χ0n) is 15.3. The zero-order chi connectivity index (χ0) is 18.2. The van der Waals surface area contributed by atoms with E-state index in [-0.39, 0.29) is 11.2 Å². The summed E-state index contributed by atoms with van der Waals surface area (Å²) in [4.78, 5) is 4.72. The lowest BCUT2D eigenvalue weighted by Crippen LogP contribution is -2.38. The van der Waals surface area contributed by atoms with Gasteiger partial charge < -0.3 is 15.2 Å². The van der Waals surface area contributed by atoms with Gasteiger partial charge in [-0.05, 0) is 44.2 Å². The molecule has 7 heteroatoms. The molecule has 26 heavy (non-hydrogen) atoms. The molecule has 1 aromatic carbocycles. The van der Waals surface area contributed by atoms with Gasteiger partial charge in [-0.3, -0.25) is 4.99 Å². The van der Waals surface area contributed by atoms with Gasteiger partial charge in [-0.15, -0.1) is 10.2 Å². The first kappa shape index (κ1) is 18.4. The Kier molecular flexibility index (Phi) is 6.20. The Bertz CT molecular complexity index is 709. The van der Waals surface area contributed by atoms with Crippen molar-refractivity contribution in [3.63, 3.8) is 0 Å². The zero-order valence-corrected chi connectivity index (χ0v) is 15.3.